The minimum atomic E-state index is -5.08. The van der Waals surface area contributed by atoms with Crippen LogP contribution in [0, 0.1) is 0 Å². The summed E-state index contributed by atoms with van der Waals surface area (Å²) in [5, 5.41) is 17.7. The predicted octanol–water partition coefficient (Wildman–Crippen LogP) is 4.39. The highest BCUT2D eigenvalue weighted by Gasteiger charge is 2.38. The van der Waals surface area contributed by atoms with Crippen molar-refractivity contribution in [1.82, 2.24) is 10.6 Å². The summed E-state index contributed by atoms with van der Waals surface area (Å²) in [6.45, 7) is 3.88. The van der Waals surface area contributed by atoms with E-state index in [9.17, 15) is 18.0 Å². The smallest absolute Gasteiger partial charge is 0.475 e. The number of halogens is 3. The molecule has 2 aliphatic rings. The van der Waals surface area contributed by atoms with E-state index in [0.717, 1.165) is 44.0 Å². The van der Waals surface area contributed by atoms with Gasteiger partial charge in [0.05, 0.1) is 5.00 Å². The van der Waals surface area contributed by atoms with E-state index in [2.05, 4.69) is 34.2 Å². The van der Waals surface area contributed by atoms with Gasteiger partial charge in [0.15, 0.2) is 0 Å². The molecule has 6 nitrogen and oxygen atoms in total. The van der Waals surface area contributed by atoms with Crippen LogP contribution in [0.4, 0.5) is 18.2 Å². The first-order valence-corrected chi connectivity index (χ1v) is 11.2. The molecule has 2 aliphatic heterocycles. The second-order valence-electron chi connectivity index (χ2n) is 7.37. The number of nitrogens with one attached hydrogen (secondary N) is 3. The fourth-order valence-corrected chi connectivity index (χ4v) is 4.30. The number of anilines is 1. The van der Waals surface area contributed by atoms with Crippen LogP contribution in [-0.4, -0.2) is 49.3 Å². The van der Waals surface area contributed by atoms with E-state index in [4.69, 9.17) is 9.90 Å². The molecule has 0 fully saturated rings. The molecular weight excluding hydrogens is 455 g/mol. The van der Waals surface area contributed by atoms with E-state index in [1.165, 1.54) is 21.6 Å². The zero-order valence-electron chi connectivity index (χ0n) is 17.7. The van der Waals surface area contributed by atoms with Gasteiger partial charge in [0.2, 0.25) is 0 Å². The van der Waals surface area contributed by atoms with E-state index >= 15 is 0 Å². The van der Waals surface area contributed by atoms with Crippen LogP contribution < -0.4 is 16.0 Å². The number of rotatable bonds is 4. The minimum Gasteiger partial charge on any atom is -0.475 e. The van der Waals surface area contributed by atoms with Crippen LogP contribution in [0.3, 0.4) is 0 Å². The first-order valence-electron chi connectivity index (χ1n) is 10.4. The molecule has 0 unspecified atom stereocenters. The molecule has 176 valence electrons. The number of carbonyl (C=O) groups excluding carboxylic acids is 1. The van der Waals surface area contributed by atoms with Gasteiger partial charge >= 0.3 is 12.1 Å². The molecule has 0 radical (unpaired) electrons. The Morgan fingerprint density at radius 1 is 0.909 bits per heavy atom. The molecule has 0 spiro atoms. The number of aliphatic carboxylic acids is 1. The predicted molar refractivity (Wildman–Crippen MR) is 123 cm³/mol. The first kappa shape index (κ1) is 24.7. The van der Waals surface area contributed by atoms with Crippen molar-refractivity contribution in [2.75, 3.05) is 31.5 Å². The third kappa shape index (κ3) is 7.28. The topological polar surface area (TPSA) is 90.5 Å². The molecule has 4 rings (SSSR count). The van der Waals surface area contributed by atoms with Crippen molar-refractivity contribution in [1.29, 1.82) is 0 Å². The van der Waals surface area contributed by atoms with Crippen molar-refractivity contribution in [2.24, 2.45) is 0 Å². The van der Waals surface area contributed by atoms with Crippen LogP contribution >= 0.6 is 11.3 Å². The van der Waals surface area contributed by atoms with Crippen molar-refractivity contribution < 1.29 is 27.9 Å². The standard InChI is InChI=1S/C21H23N3OS.C2HF3O2/c25-21(18-3-1-15(2-4-18)16-7-11-22-12-8-16)24-20-6-5-19(26-20)17-9-13-23-14-10-17;3-2(4,5)1(6)7/h1-7,9,22-23H,8,10-14H2,(H,24,25);(H,6,7). The number of alkyl halides is 3. The summed E-state index contributed by atoms with van der Waals surface area (Å²) in [7, 11) is 0. The molecular formula is C23H24F3N3O3S. The zero-order chi connectivity index (χ0) is 23.8. The Morgan fingerprint density at radius 3 is 2.00 bits per heavy atom. The number of hydrogen-bond donors (Lipinski definition) is 4. The lowest BCUT2D eigenvalue weighted by Crippen LogP contribution is -2.21. The molecule has 0 saturated carbocycles. The molecule has 1 amide bonds. The van der Waals surface area contributed by atoms with Gasteiger partial charge in [0.1, 0.15) is 0 Å². The van der Waals surface area contributed by atoms with Crippen molar-refractivity contribution in [3.63, 3.8) is 0 Å². The number of carboxylic acids is 1. The summed E-state index contributed by atoms with van der Waals surface area (Å²) in [6.07, 6.45) is 1.45. The van der Waals surface area contributed by atoms with Crippen molar-refractivity contribution in [3.8, 4) is 0 Å². The Hall–Kier alpha value is -2.95. The summed E-state index contributed by atoms with van der Waals surface area (Å²) in [5.74, 6) is -2.81. The van der Waals surface area contributed by atoms with Gasteiger partial charge in [-0.2, -0.15) is 13.2 Å². The van der Waals surface area contributed by atoms with E-state index in [1.807, 2.05) is 30.3 Å². The van der Waals surface area contributed by atoms with Gasteiger partial charge in [-0.1, -0.05) is 24.3 Å². The van der Waals surface area contributed by atoms with Gasteiger partial charge in [-0.15, -0.1) is 11.3 Å². The van der Waals surface area contributed by atoms with Gasteiger partial charge in [-0.25, -0.2) is 4.79 Å². The lowest BCUT2D eigenvalue weighted by Gasteiger charge is -2.14. The van der Waals surface area contributed by atoms with E-state index < -0.39 is 12.1 Å². The molecule has 0 atom stereocenters. The molecule has 10 heteroatoms. The second kappa shape index (κ2) is 11.3. The second-order valence-corrected chi connectivity index (χ2v) is 8.45. The monoisotopic (exact) mass is 479 g/mol. The van der Waals surface area contributed by atoms with Gasteiger partial charge in [-0.05, 0) is 66.9 Å². The normalized spacial score (nSPS) is 16.1. The summed E-state index contributed by atoms with van der Waals surface area (Å²) in [6, 6.07) is 12.0. The van der Waals surface area contributed by atoms with Crippen LogP contribution in [0.2, 0.25) is 0 Å². The maximum Gasteiger partial charge on any atom is 0.490 e. The molecule has 33 heavy (non-hydrogen) atoms. The number of benzene rings is 1. The average molecular weight is 480 g/mol. The Balaban J connectivity index is 0.000000383. The van der Waals surface area contributed by atoms with Crippen molar-refractivity contribution in [2.45, 2.75) is 19.0 Å². The molecule has 3 heterocycles. The fraction of sp³-hybridized carbons (Fsp3) is 0.304. The van der Waals surface area contributed by atoms with E-state index in [1.54, 1.807) is 11.3 Å². The van der Waals surface area contributed by atoms with Crippen LogP contribution in [0.5, 0.6) is 0 Å². The highest BCUT2D eigenvalue weighted by atomic mass is 32.1. The SMILES string of the molecule is O=C(Nc1ccc(C2=CCNCC2)s1)c1ccc(C2=CCNCC2)cc1.O=C(O)C(F)(F)F. The summed E-state index contributed by atoms with van der Waals surface area (Å²) in [4.78, 5) is 22.7. The quantitative estimate of drug-likeness (QED) is 0.522. The summed E-state index contributed by atoms with van der Waals surface area (Å²) in [5.41, 5.74) is 4.63. The number of carbonyl (C=O) groups is 2. The van der Waals surface area contributed by atoms with Crippen LogP contribution in [0.15, 0.2) is 48.6 Å². The number of amides is 1. The molecule has 2 aromatic rings. The maximum atomic E-state index is 12.5. The fourth-order valence-electron chi connectivity index (χ4n) is 3.33. The Bertz CT molecular complexity index is 1040. The van der Waals surface area contributed by atoms with Gasteiger partial charge in [0.25, 0.3) is 5.91 Å². The van der Waals surface area contributed by atoms with Crippen molar-refractivity contribution in [3.05, 3.63) is 64.6 Å². The Morgan fingerprint density at radius 2 is 1.48 bits per heavy atom. The number of thiophene rings is 1. The first-order chi connectivity index (χ1) is 15.7. The van der Waals surface area contributed by atoms with Gasteiger partial charge in [0, 0.05) is 23.5 Å². The van der Waals surface area contributed by atoms with E-state index in [0.29, 0.717) is 5.56 Å². The third-order valence-electron chi connectivity index (χ3n) is 5.05. The largest absolute Gasteiger partial charge is 0.490 e. The lowest BCUT2D eigenvalue weighted by molar-refractivity contribution is -0.192. The maximum absolute atomic E-state index is 12.5. The van der Waals surface area contributed by atoms with E-state index in [-0.39, 0.29) is 5.91 Å². The molecule has 0 saturated heterocycles. The minimum absolute atomic E-state index is 0.0523. The van der Waals surface area contributed by atoms with Crippen LogP contribution in [0.1, 0.15) is 33.6 Å². The average Bonchev–Trinajstić information content (AvgIpc) is 3.28. The van der Waals surface area contributed by atoms with Crippen molar-refractivity contribution >= 4 is 39.4 Å². The Labute approximate surface area is 193 Å². The molecule has 1 aromatic heterocycles. The molecule has 1 aromatic carbocycles. The zero-order valence-corrected chi connectivity index (χ0v) is 18.5. The van der Waals surface area contributed by atoms with Crippen LogP contribution in [-0.2, 0) is 4.79 Å². The number of hydrogen-bond acceptors (Lipinski definition) is 5. The summed E-state index contributed by atoms with van der Waals surface area (Å²) < 4.78 is 31.7. The molecule has 4 N–H and O–H groups in total. The number of carboxylic acid groups (broad SMARTS) is 1. The highest BCUT2D eigenvalue weighted by molar-refractivity contribution is 7.17. The van der Waals surface area contributed by atoms with Gasteiger partial charge in [-0.3, -0.25) is 4.79 Å². The molecule has 0 aliphatic carbocycles. The lowest BCUT2D eigenvalue weighted by atomic mass is 9.99. The third-order valence-corrected chi connectivity index (χ3v) is 6.12. The highest BCUT2D eigenvalue weighted by Crippen LogP contribution is 2.31. The summed E-state index contributed by atoms with van der Waals surface area (Å²) >= 11 is 1.64. The Kier molecular flexibility index (Phi) is 8.43. The molecule has 0 bridgehead atoms. The van der Waals surface area contributed by atoms with Gasteiger partial charge < -0.3 is 21.1 Å². The van der Waals surface area contributed by atoms with Crippen LogP contribution in [0.25, 0.3) is 11.1 Å².